The van der Waals surface area contributed by atoms with E-state index in [4.69, 9.17) is 5.11 Å². The Morgan fingerprint density at radius 3 is 2.58 bits per heavy atom. The van der Waals surface area contributed by atoms with E-state index in [2.05, 4.69) is 53.8 Å². The number of carboxylic acid groups (broad SMARTS) is 1. The number of rotatable bonds is 6. The van der Waals surface area contributed by atoms with Crippen LogP contribution in [0.5, 0.6) is 0 Å². The summed E-state index contributed by atoms with van der Waals surface area (Å²) in [7, 11) is 0. The van der Waals surface area contributed by atoms with E-state index in [1.165, 1.54) is 11.3 Å². The van der Waals surface area contributed by atoms with E-state index in [0.717, 1.165) is 72.4 Å². The maximum Gasteiger partial charge on any atom is 0.303 e. The van der Waals surface area contributed by atoms with Gasteiger partial charge in [-0.15, -0.1) is 0 Å². The number of nitriles is 1. The van der Waals surface area contributed by atoms with Crippen molar-refractivity contribution in [2.24, 2.45) is 0 Å². The number of nitrogens with zero attached hydrogens (tertiary/aromatic N) is 3. The van der Waals surface area contributed by atoms with Gasteiger partial charge in [-0.3, -0.25) is 14.5 Å². The van der Waals surface area contributed by atoms with Gasteiger partial charge in [-0.1, -0.05) is 26.8 Å². The highest BCUT2D eigenvalue weighted by molar-refractivity contribution is 6.20. The van der Waals surface area contributed by atoms with Gasteiger partial charge in [0.05, 0.1) is 17.2 Å². The van der Waals surface area contributed by atoms with Gasteiger partial charge in [0.15, 0.2) is 5.78 Å². The first-order chi connectivity index (χ1) is 17.2. The van der Waals surface area contributed by atoms with E-state index >= 15 is 0 Å². The van der Waals surface area contributed by atoms with Crippen LogP contribution in [0.3, 0.4) is 0 Å². The van der Waals surface area contributed by atoms with E-state index in [0.29, 0.717) is 12.0 Å². The summed E-state index contributed by atoms with van der Waals surface area (Å²) in [5.41, 5.74) is 6.78. The topological polar surface area (TPSA) is 100 Å². The van der Waals surface area contributed by atoms with Crippen LogP contribution < -0.4 is 4.90 Å². The fourth-order valence-corrected chi connectivity index (χ4v) is 5.82. The zero-order valence-corrected chi connectivity index (χ0v) is 21.1. The molecule has 7 heteroatoms. The lowest BCUT2D eigenvalue weighted by molar-refractivity contribution is -0.137. The average Bonchev–Trinajstić information content (AvgIpc) is 3.27. The summed E-state index contributed by atoms with van der Waals surface area (Å²) < 4.78 is 0. The minimum atomic E-state index is -0.740. The maximum atomic E-state index is 13.8. The van der Waals surface area contributed by atoms with Crippen molar-refractivity contribution in [3.8, 4) is 6.07 Å². The third kappa shape index (κ3) is 3.96. The predicted molar refractivity (Wildman–Crippen MR) is 140 cm³/mol. The number of aromatic amines is 1. The lowest BCUT2D eigenvalue weighted by Crippen LogP contribution is -2.47. The van der Waals surface area contributed by atoms with Crippen molar-refractivity contribution >= 4 is 28.3 Å². The number of H-pyrrole nitrogens is 1. The van der Waals surface area contributed by atoms with Crippen molar-refractivity contribution in [1.29, 1.82) is 5.26 Å². The number of hydrogen-bond donors (Lipinski definition) is 2. The van der Waals surface area contributed by atoms with Crippen molar-refractivity contribution in [1.82, 2.24) is 9.88 Å². The summed E-state index contributed by atoms with van der Waals surface area (Å²) in [6, 6.07) is 12.0. The highest BCUT2D eigenvalue weighted by Gasteiger charge is 2.40. The van der Waals surface area contributed by atoms with E-state index in [-0.39, 0.29) is 12.2 Å². The lowest BCUT2D eigenvalue weighted by atomic mass is 9.70. The van der Waals surface area contributed by atoms with Crippen molar-refractivity contribution in [2.75, 3.05) is 37.6 Å². The molecule has 1 aliphatic carbocycles. The van der Waals surface area contributed by atoms with Crippen LogP contribution in [0.2, 0.25) is 0 Å². The predicted octanol–water partition coefficient (Wildman–Crippen LogP) is 4.46. The molecule has 1 aromatic heterocycles. The molecular formula is C29H32N4O3. The van der Waals surface area contributed by atoms with Crippen LogP contribution in [0, 0.1) is 11.3 Å². The van der Waals surface area contributed by atoms with Gasteiger partial charge >= 0.3 is 5.97 Å². The number of fused-ring (bicyclic) bond motifs is 4. The third-order valence-corrected chi connectivity index (χ3v) is 7.88. The molecule has 2 N–H and O–H groups in total. The van der Waals surface area contributed by atoms with E-state index in [1.807, 2.05) is 12.1 Å². The minimum absolute atomic E-state index is 0.0415. The second-order valence-electron chi connectivity index (χ2n) is 10.4. The smallest absolute Gasteiger partial charge is 0.303 e. The summed E-state index contributed by atoms with van der Waals surface area (Å²) in [5, 5.41) is 19.1. The Bertz CT molecular complexity index is 1400. The monoisotopic (exact) mass is 484 g/mol. The normalized spacial score (nSPS) is 17.1. The number of carbonyl (C=O) groups excluding carboxylic acids is 1. The van der Waals surface area contributed by atoms with Gasteiger partial charge in [0.1, 0.15) is 0 Å². The molecule has 1 saturated heterocycles. The van der Waals surface area contributed by atoms with Crippen molar-refractivity contribution in [2.45, 2.75) is 45.4 Å². The summed E-state index contributed by atoms with van der Waals surface area (Å²) in [6.07, 6.45) is 1.72. The van der Waals surface area contributed by atoms with Crippen LogP contribution >= 0.6 is 0 Å². The van der Waals surface area contributed by atoms with Crippen molar-refractivity contribution in [3.63, 3.8) is 0 Å². The standard InChI is InChI=1S/C29H32N4O3/c1-4-19-15-21-22(16-24(19)33-12-10-32(11-13-33)9-5-6-25(34)35)29(2,3)28-26(27(21)36)20-8-7-18(17-30)14-23(20)31-28/h7-8,14-16,31H,4-6,9-13H2,1-3H3,(H,34,35). The number of anilines is 1. The van der Waals surface area contributed by atoms with Crippen LogP contribution in [0.1, 0.15) is 71.9 Å². The Morgan fingerprint density at radius 1 is 1.17 bits per heavy atom. The molecule has 186 valence electrons. The molecule has 2 heterocycles. The zero-order chi connectivity index (χ0) is 25.6. The molecule has 3 aromatic rings. The highest BCUT2D eigenvalue weighted by Crippen LogP contribution is 2.45. The quantitative estimate of drug-likeness (QED) is 0.536. The molecule has 1 fully saturated rings. The van der Waals surface area contributed by atoms with E-state index in [9.17, 15) is 14.9 Å². The zero-order valence-electron chi connectivity index (χ0n) is 21.1. The van der Waals surface area contributed by atoms with E-state index < -0.39 is 11.4 Å². The largest absolute Gasteiger partial charge is 0.481 e. The number of carbonyl (C=O) groups is 2. The SMILES string of the molecule is CCc1cc2c(cc1N1CCN(CCCC(=O)O)CC1)C(C)(C)c1[nH]c3cc(C#N)ccc3c1C2=O. The van der Waals surface area contributed by atoms with Gasteiger partial charge in [-0.25, -0.2) is 0 Å². The fraction of sp³-hybridized carbons (Fsp3) is 0.414. The molecule has 0 saturated carbocycles. The molecular weight excluding hydrogens is 452 g/mol. The molecule has 0 bridgehead atoms. The first-order valence-corrected chi connectivity index (χ1v) is 12.7. The van der Waals surface area contributed by atoms with Gasteiger partial charge in [-0.05, 0) is 54.8 Å². The Labute approximate surface area is 211 Å². The number of aromatic nitrogens is 1. The molecule has 5 rings (SSSR count). The number of nitrogens with one attached hydrogen (secondary N) is 1. The number of aliphatic carboxylic acids is 1. The molecule has 1 aliphatic heterocycles. The first-order valence-electron chi connectivity index (χ1n) is 12.7. The third-order valence-electron chi connectivity index (χ3n) is 7.88. The second-order valence-corrected chi connectivity index (χ2v) is 10.4. The van der Waals surface area contributed by atoms with Crippen LogP contribution in [-0.4, -0.2) is 59.5 Å². The summed E-state index contributed by atoms with van der Waals surface area (Å²) >= 11 is 0. The summed E-state index contributed by atoms with van der Waals surface area (Å²) in [4.78, 5) is 32.9. The van der Waals surface area contributed by atoms with Crippen LogP contribution in [0.4, 0.5) is 5.69 Å². The Hall–Kier alpha value is -3.63. The minimum Gasteiger partial charge on any atom is -0.481 e. The summed E-state index contributed by atoms with van der Waals surface area (Å²) in [5.74, 6) is -0.698. The van der Waals surface area contributed by atoms with Crippen LogP contribution in [-0.2, 0) is 16.6 Å². The molecule has 2 aliphatic rings. The lowest BCUT2D eigenvalue weighted by Gasteiger charge is -2.39. The van der Waals surface area contributed by atoms with Gasteiger partial charge in [0.2, 0.25) is 0 Å². The second kappa shape index (κ2) is 9.11. The van der Waals surface area contributed by atoms with Crippen molar-refractivity contribution < 1.29 is 14.7 Å². The van der Waals surface area contributed by atoms with E-state index in [1.54, 1.807) is 6.07 Å². The molecule has 0 amide bonds. The molecule has 0 atom stereocenters. The number of hydrogen-bond acceptors (Lipinski definition) is 5. The summed E-state index contributed by atoms with van der Waals surface area (Å²) in [6.45, 7) is 10.8. The maximum absolute atomic E-state index is 13.8. The number of ketones is 1. The van der Waals surface area contributed by atoms with Gasteiger partial charge in [-0.2, -0.15) is 5.26 Å². The van der Waals surface area contributed by atoms with Crippen molar-refractivity contribution in [3.05, 3.63) is 63.8 Å². The Morgan fingerprint density at radius 2 is 1.92 bits per heavy atom. The molecule has 36 heavy (non-hydrogen) atoms. The molecule has 0 spiro atoms. The van der Waals surface area contributed by atoms with Crippen LogP contribution in [0.25, 0.3) is 10.9 Å². The number of benzene rings is 2. The molecule has 2 aromatic carbocycles. The van der Waals surface area contributed by atoms with Gasteiger partial charge in [0.25, 0.3) is 0 Å². The molecule has 0 radical (unpaired) electrons. The van der Waals surface area contributed by atoms with Crippen LogP contribution in [0.15, 0.2) is 30.3 Å². The van der Waals surface area contributed by atoms with Gasteiger partial charge in [0, 0.05) is 65.9 Å². The Balaban J connectivity index is 1.49. The fourth-order valence-electron chi connectivity index (χ4n) is 5.82. The molecule has 7 nitrogen and oxygen atoms in total. The Kier molecular flexibility index (Phi) is 6.09. The molecule has 0 unspecified atom stereocenters. The first kappa shape index (κ1) is 24.1. The number of aryl methyl sites for hydroxylation is 1. The average molecular weight is 485 g/mol. The highest BCUT2D eigenvalue weighted by atomic mass is 16.4. The number of carboxylic acids is 1. The number of piperazine rings is 1. The van der Waals surface area contributed by atoms with Gasteiger partial charge < -0.3 is 15.0 Å².